The van der Waals surface area contributed by atoms with Crippen LogP contribution in [0.3, 0.4) is 0 Å². The molecule has 1 aromatic heterocycles. The van der Waals surface area contributed by atoms with Gasteiger partial charge in [0.25, 0.3) is 0 Å². The van der Waals surface area contributed by atoms with Gasteiger partial charge in [0.2, 0.25) is 0 Å². The molecule has 0 aliphatic heterocycles. The second kappa shape index (κ2) is 4.73. The number of aromatic amines is 1. The van der Waals surface area contributed by atoms with Crippen LogP contribution in [0.5, 0.6) is 0 Å². The van der Waals surface area contributed by atoms with E-state index in [9.17, 15) is 0 Å². The largest absolute Gasteiger partial charge is 3.00 e. The molecule has 1 heterocycles. The fourth-order valence-corrected chi connectivity index (χ4v) is 0.988. The number of imidazole rings is 1. The number of nitrogens with one attached hydrogen (secondary N) is 1. The Hall–Kier alpha value is -0.206. The maximum Gasteiger partial charge on any atom is 3.00 e. The first-order valence-corrected chi connectivity index (χ1v) is 3.19. The molecule has 0 atom stereocenters. The van der Waals surface area contributed by atoms with Crippen LogP contribution in [-0.2, 0) is 32.7 Å². The SMILES string of the molecule is Cc1ccc2[nH][c-]nc2c1.[CH3-].[Y+3]. The van der Waals surface area contributed by atoms with Crippen molar-refractivity contribution in [2.45, 2.75) is 6.92 Å². The van der Waals surface area contributed by atoms with E-state index in [1.54, 1.807) is 0 Å². The van der Waals surface area contributed by atoms with Crippen molar-refractivity contribution in [2.24, 2.45) is 0 Å². The topological polar surface area (TPSA) is 28.7 Å². The first kappa shape index (κ1) is 11.8. The van der Waals surface area contributed by atoms with Crippen molar-refractivity contribution in [1.82, 2.24) is 9.97 Å². The maximum atomic E-state index is 4.00. The van der Waals surface area contributed by atoms with E-state index in [1.165, 1.54) is 5.56 Å². The van der Waals surface area contributed by atoms with Gasteiger partial charge < -0.3 is 17.4 Å². The van der Waals surface area contributed by atoms with Crippen LogP contribution in [0.2, 0.25) is 0 Å². The van der Waals surface area contributed by atoms with E-state index in [1.807, 2.05) is 25.1 Å². The van der Waals surface area contributed by atoms with Crippen LogP contribution in [0, 0.1) is 20.7 Å². The van der Waals surface area contributed by atoms with E-state index < -0.39 is 0 Å². The molecule has 0 saturated carbocycles. The van der Waals surface area contributed by atoms with Gasteiger partial charge in [-0.25, -0.2) is 0 Å². The molecule has 0 bridgehead atoms. The van der Waals surface area contributed by atoms with E-state index >= 15 is 0 Å². The number of nitrogens with zero attached hydrogens (tertiary/aromatic N) is 1. The summed E-state index contributed by atoms with van der Waals surface area (Å²) in [6.07, 6.45) is 2.69. The Morgan fingerprint density at radius 3 is 2.92 bits per heavy atom. The monoisotopic (exact) mass is 235 g/mol. The van der Waals surface area contributed by atoms with Crippen LogP contribution in [0.4, 0.5) is 0 Å². The fraction of sp³-hybridized carbons (Fsp3) is 0.111. The molecule has 2 rings (SSSR count). The molecule has 0 aliphatic rings. The van der Waals surface area contributed by atoms with Crippen molar-refractivity contribution < 1.29 is 32.7 Å². The summed E-state index contributed by atoms with van der Waals surface area (Å²) >= 11 is 0. The molecule has 58 valence electrons. The summed E-state index contributed by atoms with van der Waals surface area (Å²) < 4.78 is 0. The summed E-state index contributed by atoms with van der Waals surface area (Å²) in [5.41, 5.74) is 3.26. The van der Waals surface area contributed by atoms with Crippen molar-refractivity contribution in [1.29, 1.82) is 0 Å². The quantitative estimate of drug-likeness (QED) is 0.696. The van der Waals surface area contributed by atoms with E-state index in [0.29, 0.717) is 0 Å². The number of aromatic nitrogens is 2. The van der Waals surface area contributed by atoms with Crippen molar-refractivity contribution in [3.05, 3.63) is 37.5 Å². The second-order valence-corrected chi connectivity index (χ2v) is 2.37. The van der Waals surface area contributed by atoms with Gasteiger partial charge in [0, 0.05) is 0 Å². The Balaban J connectivity index is 0.000000605. The summed E-state index contributed by atoms with van der Waals surface area (Å²) in [4.78, 5) is 6.91. The number of benzene rings is 1. The van der Waals surface area contributed by atoms with Crippen molar-refractivity contribution in [3.8, 4) is 0 Å². The first-order valence-electron chi connectivity index (χ1n) is 3.19. The van der Waals surface area contributed by atoms with Gasteiger partial charge in [-0.15, -0.1) is 6.07 Å². The molecular formula is C9H10N2Y+. The normalized spacial score (nSPS) is 8.75. The van der Waals surface area contributed by atoms with Gasteiger partial charge in [0.1, 0.15) is 0 Å². The van der Waals surface area contributed by atoms with Crippen molar-refractivity contribution >= 4 is 11.0 Å². The van der Waals surface area contributed by atoms with Gasteiger partial charge >= 0.3 is 32.7 Å². The number of hydrogen-bond acceptors (Lipinski definition) is 1. The van der Waals surface area contributed by atoms with Crippen molar-refractivity contribution in [3.63, 3.8) is 0 Å². The fourth-order valence-electron chi connectivity index (χ4n) is 0.988. The predicted molar refractivity (Wildman–Crippen MR) is 46.1 cm³/mol. The summed E-state index contributed by atoms with van der Waals surface area (Å²) in [5, 5.41) is 0. The van der Waals surface area contributed by atoms with Gasteiger partial charge in [-0.2, -0.15) is 0 Å². The predicted octanol–water partition coefficient (Wildman–Crippen LogP) is 2.12. The minimum absolute atomic E-state index is 0. The minimum atomic E-state index is 0. The number of hydrogen-bond donors (Lipinski definition) is 1. The Kier molecular flexibility index (Phi) is 4.65. The molecule has 0 amide bonds. The zero-order valence-corrected chi connectivity index (χ0v) is 10.1. The molecule has 0 spiro atoms. The molecule has 1 aromatic carbocycles. The molecule has 0 fully saturated rings. The van der Waals surface area contributed by atoms with E-state index in [2.05, 4.69) is 16.3 Å². The second-order valence-electron chi connectivity index (χ2n) is 2.37. The summed E-state index contributed by atoms with van der Waals surface area (Å²) in [6.45, 7) is 2.05. The number of H-pyrrole nitrogens is 1. The average Bonchev–Trinajstić information content (AvgIpc) is 2.33. The Morgan fingerprint density at radius 1 is 1.42 bits per heavy atom. The molecule has 0 radical (unpaired) electrons. The van der Waals surface area contributed by atoms with Gasteiger partial charge in [-0.1, -0.05) is 28.7 Å². The first-order chi connectivity index (χ1) is 4.86. The third-order valence-corrected chi connectivity index (χ3v) is 1.52. The molecule has 12 heavy (non-hydrogen) atoms. The van der Waals surface area contributed by atoms with E-state index in [-0.39, 0.29) is 40.1 Å². The minimum Gasteiger partial charge on any atom is -0.461 e. The number of rotatable bonds is 0. The molecule has 1 N–H and O–H groups in total. The van der Waals surface area contributed by atoms with Crippen molar-refractivity contribution in [2.75, 3.05) is 0 Å². The van der Waals surface area contributed by atoms with Gasteiger partial charge in [-0.05, 0) is 13.3 Å². The molecule has 0 aliphatic carbocycles. The molecule has 2 aromatic rings. The molecule has 0 unspecified atom stereocenters. The Labute approximate surface area is 97.7 Å². The smallest absolute Gasteiger partial charge is 0.461 e. The van der Waals surface area contributed by atoms with Gasteiger partial charge in [0.05, 0.1) is 0 Å². The van der Waals surface area contributed by atoms with E-state index in [0.717, 1.165) is 11.0 Å². The van der Waals surface area contributed by atoms with Crippen LogP contribution in [0.1, 0.15) is 5.56 Å². The van der Waals surface area contributed by atoms with Crippen LogP contribution >= 0.6 is 0 Å². The Bertz CT molecular complexity index is 354. The third-order valence-electron chi connectivity index (χ3n) is 1.52. The summed E-state index contributed by atoms with van der Waals surface area (Å²) in [7, 11) is 0. The van der Waals surface area contributed by atoms with Crippen LogP contribution in [0.15, 0.2) is 18.2 Å². The van der Waals surface area contributed by atoms with Crippen LogP contribution < -0.4 is 0 Å². The summed E-state index contributed by atoms with van der Waals surface area (Å²) in [5.74, 6) is 0. The zero-order chi connectivity index (χ0) is 6.97. The average molecular weight is 235 g/mol. The number of fused-ring (bicyclic) bond motifs is 1. The zero-order valence-electron chi connectivity index (χ0n) is 7.26. The van der Waals surface area contributed by atoms with Gasteiger partial charge in [-0.3, -0.25) is 0 Å². The van der Waals surface area contributed by atoms with Gasteiger partial charge in [0.15, 0.2) is 0 Å². The maximum absolute atomic E-state index is 4.00. The Morgan fingerprint density at radius 2 is 2.17 bits per heavy atom. The summed E-state index contributed by atoms with van der Waals surface area (Å²) in [6, 6.07) is 6.09. The van der Waals surface area contributed by atoms with Crippen LogP contribution in [-0.4, -0.2) is 9.97 Å². The standard InChI is InChI=1S/C8H7N2.CH3.Y/c1-6-2-3-7-8(4-6)10-5-9-7;;/h2-4H,1H3,(H,9,10);1H3;/q2*-1;+3. The molecule has 0 saturated heterocycles. The number of aryl methyl sites for hydroxylation is 1. The van der Waals surface area contributed by atoms with E-state index in [4.69, 9.17) is 0 Å². The molecule has 2 nitrogen and oxygen atoms in total. The molecule has 3 heteroatoms. The third kappa shape index (κ3) is 2.14. The van der Waals surface area contributed by atoms with Crippen LogP contribution in [0.25, 0.3) is 11.0 Å². The molecular weight excluding hydrogens is 225 g/mol.